The predicted octanol–water partition coefficient (Wildman–Crippen LogP) is 2.82. The first-order valence-electron chi connectivity index (χ1n) is 5.98. The van der Waals surface area contributed by atoms with Crippen LogP contribution >= 0.6 is 11.3 Å². The van der Waals surface area contributed by atoms with Crippen molar-refractivity contribution in [3.05, 3.63) is 47.7 Å². The van der Waals surface area contributed by atoms with Crippen LogP contribution in [0.15, 0.2) is 47.2 Å². The third-order valence-corrected chi connectivity index (χ3v) is 3.77. The zero-order valence-corrected chi connectivity index (χ0v) is 11.5. The number of nitrogens with one attached hydrogen (secondary N) is 1. The van der Waals surface area contributed by atoms with Gasteiger partial charge in [0.25, 0.3) is 11.8 Å². The lowest BCUT2D eigenvalue weighted by Gasteiger charge is -2.00. The minimum atomic E-state index is -0.167. The van der Waals surface area contributed by atoms with E-state index in [-0.39, 0.29) is 5.91 Å². The largest absolute Gasteiger partial charge is 0.443 e. The maximum absolute atomic E-state index is 12.0. The van der Waals surface area contributed by atoms with Crippen LogP contribution in [-0.2, 0) is 0 Å². The molecule has 2 heterocycles. The fraction of sp³-hybridized carbons (Fsp3) is 0.0714. The number of hydrogen-bond donors (Lipinski definition) is 1. The highest BCUT2D eigenvalue weighted by molar-refractivity contribution is 7.17. The summed E-state index contributed by atoms with van der Waals surface area (Å²) in [4.78, 5) is 21.1. The number of amides is 1. The number of benzene rings is 1. The van der Waals surface area contributed by atoms with E-state index in [0.717, 1.165) is 5.56 Å². The summed E-state index contributed by atoms with van der Waals surface area (Å²) in [5.41, 5.74) is 1.53. The van der Waals surface area contributed by atoms with Gasteiger partial charge in [-0.25, -0.2) is 9.97 Å². The molecule has 0 unspecified atom stereocenters. The maximum Gasteiger partial charge on any atom is 0.263 e. The Labute approximate surface area is 119 Å². The average molecular weight is 285 g/mol. The zero-order valence-electron chi connectivity index (χ0n) is 10.7. The second kappa shape index (κ2) is 5.26. The molecule has 1 amide bonds. The van der Waals surface area contributed by atoms with Crippen molar-refractivity contribution in [2.24, 2.45) is 0 Å². The van der Waals surface area contributed by atoms with Crippen LogP contribution in [0.1, 0.15) is 9.67 Å². The molecule has 0 bridgehead atoms. The van der Waals surface area contributed by atoms with Gasteiger partial charge in [0, 0.05) is 12.6 Å². The van der Waals surface area contributed by atoms with Crippen molar-refractivity contribution in [1.82, 2.24) is 15.3 Å². The molecule has 0 fully saturated rings. The van der Waals surface area contributed by atoms with Crippen LogP contribution < -0.4 is 5.32 Å². The zero-order chi connectivity index (χ0) is 13.9. The molecule has 0 aliphatic rings. The summed E-state index contributed by atoms with van der Waals surface area (Å²) in [6.45, 7) is 0. The summed E-state index contributed by atoms with van der Waals surface area (Å²) in [5.74, 6) is 0.251. The molecule has 0 spiro atoms. The number of aromatic nitrogens is 2. The van der Waals surface area contributed by atoms with Crippen molar-refractivity contribution in [2.75, 3.05) is 7.05 Å². The number of carbonyl (C=O) groups excluding carboxylic acids is 1. The van der Waals surface area contributed by atoms with Crippen LogP contribution in [0.25, 0.3) is 22.2 Å². The summed E-state index contributed by atoms with van der Waals surface area (Å²) in [7, 11) is 1.60. The van der Waals surface area contributed by atoms with Gasteiger partial charge in [0.05, 0.1) is 11.9 Å². The SMILES string of the molecule is CNC(=O)c1sc(-c2ncco2)nc1-c1ccccc1. The number of nitrogens with zero attached hydrogens (tertiary/aromatic N) is 2. The fourth-order valence-electron chi connectivity index (χ4n) is 1.80. The first-order valence-corrected chi connectivity index (χ1v) is 6.79. The van der Waals surface area contributed by atoms with Crippen LogP contribution in [0.2, 0.25) is 0 Å². The highest BCUT2D eigenvalue weighted by Gasteiger charge is 2.20. The number of hydrogen-bond acceptors (Lipinski definition) is 5. The van der Waals surface area contributed by atoms with E-state index in [2.05, 4.69) is 15.3 Å². The lowest BCUT2D eigenvalue weighted by atomic mass is 10.1. The summed E-state index contributed by atoms with van der Waals surface area (Å²) in [6.07, 6.45) is 3.04. The molecule has 1 N–H and O–H groups in total. The Balaban J connectivity index is 2.15. The van der Waals surface area contributed by atoms with Gasteiger partial charge in [-0.05, 0) is 0 Å². The van der Waals surface area contributed by atoms with E-state index >= 15 is 0 Å². The molecule has 5 nitrogen and oxygen atoms in total. The Morgan fingerprint density at radius 1 is 1.30 bits per heavy atom. The van der Waals surface area contributed by atoms with Crippen LogP contribution in [0.4, 0.5) is 0 Å². The molecule has 3 aromatic rings. The molecule has 0 aliphatic carbocycles. The highest BCUT2D eigenvalue weighted by Crippen LogP contribution is 2.33. The molecule has 100 valence electrons. The number of oxazole rings is 1. The number of carbonyl (C=O) groups is 1. The predicted molar refractivity (Wildman–Crippen MR) is 76.4 cm³/mol. The summed E-state index contributed by atoms with van der Waals surface area (Å²) in [6, 6.07) is 9.58. The van der Waals surface area contributed by atoms with Gasteiger partial charge in [-0.15, -0.1) is 11.3 Å². The number of rotatable bonds is 3. The molecule has 3 rings (SSSR count). The molecule has 6 heteroatoms. The smallest absolute Gasteiger partial charge is 0.263 e. The monoisotopic (exact) mass is 285 g/mol. The second-order valence-corrected chi connectivity index (χ2v) is 4.98. The topological polar surface area (TPSA) is 68.0 Å². The van der Waals surface area contributed by atoms with Gasteiger partial charge in [0.2, 0.25) is 0 Å². The molecular weight excluding hydrogens is 274 g/mol. The van der Waals surface area contributed by atoms with Gasteiger partial charge in [0.1, 0.15) is 11.1 Å². The summed E-state index contributed by atoms with van der Waals surface area (Å²) >= 11 is 1.27. The van der Waals surface area contributed by atoms with Gasteiger partial charge < -0.3 is 9.73 Å². The molecule has 0 saturated heterocycles. The van der Waals surface area contributed by atoms with Crippen molar-refractivity contribution in [2.45, 2.75) is 0 Å². The Kier molecular flexibility index (Phi) is 3.30. The first-order chi connectivity index (χ1) is 9.79. The van der Waals surface area contributed by atoms with E-state index in [1.807, 2.05) is 30.3 Å². The van der Waals surface area contributed by atoms with E-state index in [4.69, 9.17) is 4.42 Å². The van der Waals surface area contributed by atoms with Gasteiger partial charge in [-0.1, -0.05) is 30.3 Å². The first kappa shape index (κ1) is 12.6. The molecule has 0 radical (unpaired) electrons. The van der Waals surface area contributed by atoms with Crippen molar-refractivity contribution in [3.63, 3.8) is 0 Å². The summed E-state index contributed by atoms with van der Waals surface area (Å²) < 4.78 is 5.24. The molecule has 20 heavy (non-hydrogen) atoms. The third-order valence-electron chi connectivity index (χ3n) is 2.72. The van der Waals surface area contributed by atoms with E-state index in [1.54, 1.807) is 13.2 Å². The number of thiazole rings is 1. The molecule has 2 aromatic heterocycles. The van der Waals surface area contributed by atoms with Crippen LogP contribution in [0, 0.1) is 0 Å². The Morgan fingerprint density at radius 3 is 2.75 bits per heavy atom. The minimum absolute atomic E-state index is 0.167. The second-order valence-electron chi connectivity index (χ2n) is 3.98. The highest BCUT2D eigenvalue weighted by atomic mass is 32.1. The molecule has 0 aliphatic heterocycles. The molecule has 0 saturated carbocycles. The fourth-order valence-corrected chi connectivity index (χ4v) is 2.77. The van der Waals surface area contributed by atoms with Crippen molar-refractivity contribution < 1.29 is 9.21 Å². The van der Waals surface area contributed by atoms with E-state index in [1.165, 1.54) is 17.6 Å². The quantitative estimate of drug-likeness (QED) is 0.803. The molecule has 0 atom stereocenters. The Hall–Kier alpha value is -2.47. The van der Waals surface area contributed by atoms with Crippen molar-refractivity contribution >= 4 is 17.2 Å². The van der Waals surface area contributed by atoms with Crippen LogP contribution in [0.5, 0.6) is 0 Å². The van der Waals surface area contributed by atoms with Crippen molar-refractivity contribution in [1.29, 1.82) is 0 Å². The van der Waals surface area contributed by atoms with Crippen LogP contribution in [-0.4, -0.2) is 22.9 Å². The normalized spacial score (nSPS) is 10.4. The average Bonchev–Trinajstić information content (AvgIpc) is 3.16. The summed E-state index contributed by atoms with van der Waals surface area (Å²) in [5, 5.41) is 3.22. The van der Waals surface area contributed by atoms with Gasteiger partial charge >= 0.3 is 0 Å². The van der Waals surface area contributed by atoms with Gasteiger partial charge in [-0.2, -0.15) is 0 Å². The minimum Gasteiger partial charge on any atom is -0.443 e. The maximum atomic E-state index is 12.0. The Bertz CT molecular complexity index is 720. The molecular formula is C14H11N3O2S. The van der Waals surface area contributed by atoms with Crippen molar-refractivity contribution in [3.8, 4) is 22.2 Å². The lowest BCUT2D eigenvalue weighted by molar-refractivity contribution is 0.0967. The van der Waals surface area contributed by atoms with Gasteiger partial charge in [0.15, 0.2) is 5.01 Å². The van der Waals surface area contributed by atoms with Gasteiger partial charge in [-0.3, -0.25) is 4.79 Å². The van der Waals surface area contributed by atoms with E-state index < -0.39 is 0 Å². The standard InChI is InChI=1S/C14H11N3O2S/c1-15-12(18)11-10(9-5-3-2-4-6-9)17-14(20-11)13-16-7-8-19-13/h2-8H,1H3,(H,15,18). The van der Waals surface area contributed by atoms with E-state index in [0.29, 0.717) is 21.5 Å². The van der Waals surface area contributed by atoms with Crippen LogP contribution in [0.3, 0.4) is 0 Å². The lowest BCUT2D eigenvalue weighted by Crippen LogP contribution is -2.17. The molecule has 1 aromatic carbocycles. The third kappa shape index (κ3) is 2.21. The van der Waals surface area contributed by atoms with E-state index in [9.17, 15) is 4.79 Å². The Morgan fingerprint density at radius 2 is 2.10 bits per heavy atom.